The van der Waals surface area contributed by atoms with Crippen LogP contribution in [0.5, 0.6) is 0 Å². The van der Waals surface area contributed by atoms with Crippen molar-refractivity contribution in [3.05, 3.63) is 38.4 Å². The van der Waals surface area contributed by atoms with Crippen molar-refractivity contribution in [2.24, 2.45) is 11.0 Å². The highest BCUT2D eigenvalue weighted by Crippen LogP contribution is 2.30. The van der Waals surface area contributed by atoms with Crippen LogP contribution in [-0.2, 0) is 0 Å². The van der Waals surface area contributed by atoms with E-state index >= 15 is 0 Å². The minimum atomic E-state index is -0.657. The standard InChI is InChI=1S/C13H15N5O4/c19-17(20)10-1-2-11(13(7-10)18(21)22)14-15-12-8-16-5-3-9(12)4-6-16/h1-2,7,9,14H,3-6,8H2/b15-12+. The van der Waals surface area contributed by atoms with Crippen molar-refractivity contribution >= 4 is 22.8 Å². The molecule has 0 saturated carbocycles. The molecule has 1 N–H and O–H groups in total. The number of fused-ring (bicyclic) bond motifs is 3. The van der Waals surface area contributed by atoms with Crippen LogP contribution in [0.15, 0.2) is 23.3 Å². The Balaban J connectivity index is 1.83. The molecule has 1 aromatic carbocycles. The molecule has 0 spiro atoms. The van der Waals surface area contributed by atoms with Gasteiger partial charge in [-0.1, -0.05) is 0 Å². The zero-order valence-corrected chi connectivity index (χ0v) is 11.8. The average Bonchev–Trinajstić information content (AvgIpc) is 2.53. The first kappa shape index (κ1) is 14.4. The van der Waals surface area contributed by atoms with Gasteiger partial charge in [0.2, 0.25) is 0 Å². The summed E-state index contributed by atoms with van der Waals surface area (Å²) in [6, 6.07) is 3.49. The molecule has 2 bridgehead atoms. The summed E-state index contributed by atoms with van der Waals surface area (Å²) in [6.07, 6.45) is 2.12. The van der Waals surface area contributed by atoms with Crippen molar-refractivity contribution in [2.45, 2.75) is 12.8 Å². The van der Waals surface area contributed by atoms with Gasteiger partial charge in [0.25, 0.3) is 5.69 Å². The van der Waals surface area contributed by atoms with E-state index in [1.807, 2.05) is 0 Å². The van der Waals surface area contributed by atoms with Crippen LogP contribution in [0.2, 0.25) is 0 Å². The van der Waals surface area contributed by atoms with E-state index in [2.05, 4.69) is 15.4 Å². The number of nitro groups is 2. The Kier molecular flexibility index (Phi) is 3.72. The zero-order chi connectivity index (χ0) is 15.7. The molecule has 3 saturated heterocycles. The Labute approximate surface area is 125 Å². The van der Waals surface area contributed by atoms with Crippen LogP contribution in [0.3, 0.4) is 0 Å². The number of nitrogens with one attached hydrogen (secondary N) is 1. The maximum atomic E-state index is 11.1. The van der Waals surface area contributed by atoms with Gasteiger partial charge in [-0.2, -0.15) is 5.10 Å². The molecule has 1 aromatic rings. The second-order valence-corrected chi connectivity index (χ2v) is 5.48. The first-order valence-corrected chi connectivity index (χ1v) is 7.02. The summed E-state index contributed by atoms with van der Waals surface area (Å²) >= 11 is 0. The first-order valence-electron chi connectivity index (χ1n) is 7.02. The number of non-ortho nitro benzene ring substituents is 1. The van der Waals surface area contributed by atoms with Crippen LogP contribution < -0.4 is 5.43 Å². The molecule has 4 rings (SSSR count). The minimum Gasteiger partial charge on any atom is -0.298 e. The molecule has 3 aliphatic heterocycles. The molecule has 3 heterocycles. The summed E-state index contributed by atoms with van der Waals surface area (Å²) < 4.78 is 0. The molecule has 9 heteroatoms. The van der Waals surface area contributed by atoms with E-state index in [-0.39, 0.29) is 17.1 Å². The third kappa shape index (κ3) is 2.75. The Hall–Kier alpha value is -2.55. The maximum absolute atomic E-state index is 11.1. The van der Waals surface area contributed by atoms with Crippen molar-refractivity contribution in [1.82, 2.24) is 4.90 Å². The number of benzene rings is 1. The van der Waals surface area contributed by atoms with Gasteiger partial charge in [0.1, 0.15) is 5.69 Å². The Morgan fingerprint density at radius 1 is 1.18 bits per heavy atom. The molecule has 9 nitrogen and oxygen atoms in total. The third-order valence-corrected chi connectivity index (χ3v) is 4.15. The summed E-state index contributed by atoms with van der Waals surface area (Å²) in [7, 11) is 0. The van der Waals surface area contributed by atoms with Crippen LogP contribution in [0.25, 0.3) is 0 Å². The molecule has 22 heavy (non-hydrogen) atoms. The predicted molar refractivity (Wildman–Crippen MR) is 80.0 cm³/mol. The van der Waals surface area contributed by atoms with Crippen molar-refractivity contribution in [1.29, 1.82) is 0 Å². The van der Waals surface area contributed by atoms with Crippen LogP contribution in [0.1, 0.15) is 12.8 Å². The van der Waals surface area contributed by atoms with E-state index < -0.39 is 9.85 Å². The number of rotatable bonds is 4. The Morgan fingerprint density at radius 2 is 1.91 bits per heavy atom. The van der Waals surface area contributed by atoms with Gasteiger partial charge in [-0.25, -0.2) is 0 Å². The molecule has 3 fully saturated rings. The summed E-state index contributed by atoms with van der Waals surface area (Å²) in [5.41, 5.74) is 3.21. The van der Waals surface area contributed by atoms with Gasteiger partial charge in [-0.15, -0.1) is 0 Å². The summed E-state index contributed by atoms with van der Waals surface area (Å²) in [5, 5.41) is 26.1. The molecule has 0 amide bonds. The van der Waals surface area contributed by atoms with Crippen LogP contribution in [-0.4, -0.2) is 40.1 Å². The molecule has 0 unspecified atom stereocenters. The highest BCUT2D eigenvalue weighted by atomic mass is 16.6. The molecule has 0 aliphatic carbocycles. The fourth-order valence-corrected chi connectivity index (χ4v) is 2.92. The second-order valence-electron chi connectivity index (χ2n) is 5.48. The van der Waals surface area contributed by atoms with Gasteiger partial charge in [-0.05, 0) is 32.0 Å². The number of piperidine rings is 3. The van der Waals surface area contributed by atoms with Crippen molar-refractivity contribution < 1.29 is 9.85 Å². The number of anilines is 1. The largest absolute Gasteiger partial charge is 0.301 e. The number of hydrogen-bond acceptors (Lipinski definition) is 7. The summed E-state index contributed by atoms with van der Waals surface area (Å²) in [5.74, 6) is 0.426. The van der Waals surface area contributed by atoms with E-state index in [4.69, 9.17) is 0 Å². The molecule has 3 aliphatic rings. The zero-order valence-electron chi connectivity index (χ0n) is 11.8. The Bertz CT molecular complexity index is 652. The van der Waals surface area contributed by atoms with Gasteiger partial charge in [0, 0.05) is 18.5 Å². The topological polar surface area (TPSA) is 114 Å². The lowest BCUT2D eigenvalue weighted by Crippen LogP contribution is -2.48. The van der Waals surface area contributed by atoms with Crippen molar-refractivity contribution in [3.8, 4) is 0 Å². The van der Waals surface area contributed by atoms with E-state index in [1.165, 1.54) is 12.1 Å². The lowest BCUT2D eigenvalue weighted by molar-refractivity contribution is -0.393. The summed E-state index contributed by atoms with van der Waals surface area (Å²) in [4.78, 5) is 22.8. The lowest BCUT2D eigenvalue weighted by Gasteiger charge is -2.39. The highest BCUT2D eigenvalue weighted by molar-refractivity contribution is 5.90. The lowest BCUT2D eigenvalue weighted by atomic mass is 9.87. The van der Waals surface area contributed by atoms with Gasteiger partial charge in [-0.3, -0.25) is 30.6 Å². The highest BCUT2D eigenvalue weighted by Gasteiger charge is 2.31. The maximum Gasteiger partial charge on any atom is 0.301 e. The SMILES string of the molecule is O=[N+]([O-])c1ccc(N/N=C2\CN3CCC2CC3)c([N+](=O)[O-])c1. The van der Waals surface area contributed by atoms with Crippen LogP contribution in [0.4, 0.5) is 17.1 Å². The van der Waals surface area contributed by atoms with Crippen molar-refractivity contribution in [3.63, 3.8) is 0 Å². The molecule has 0 radical (unpaired) electrons. The van der Waals surface area contributed by atoms with E-state index in [0.29, 0.717) is 5.92 Å². The van der Waals surface area contributed by atoms with Crippen molar-refractivity contribution in [2.75, 3.05) is 25.1 Å². The first-order chi connectivity index (χ1) is 10.5. The number of hydrogen-bond donors (Lipinski definition) is 1. The average molecular weight is 305 g/mol. The normalized spacial score (nSPS) is 25.2. The monoisotopic (exact) mass is 305 g/mol. The molecule has 0 atom stereocenters. The minimum absolute atomic E-state index is 0.166. The second kappa shape index (κ2) is 5.68. The van der Waals surface area contributed by atoms with E-state index in [0.717, 1.165) is 44.3 Å². The van der Waals surface area contributed by atoms with E-state index in [9.17, 15) is 20.2 Å². The quantitative estimate of drug-likeness (QED) is 0.672. The van der Waals surface area contributed by atoms with Crippen LogP contribution in [0, 0.1) is 26.1 Å². The van der Waals surface area contributed by atoms with Gasteiger partial charge in [0.05, 0.1) is 21.6 Å². The van der Waals surface area contributed by atoms with Gasteiger partial charge in [0.15, 0.2) is 0 Å². The fourth-order valence-electron chi connectivity index (χ4n) is 2.92. The number of nitro benzene ring substituents is 2. The predicted octanol–water partition coefficient (Wildman–Crippen LogP) is 2.00. The molecular weight excluding hydrogens is 290 g/mol. The van der Waals surface area contributed by atoms with Crippen LogP contribution >= 0.6 is 0 Å². The third-order valence-electron chi connectivity index (χ3n) is 4.15. The molecular formula is C13H15N5O4. The number of hydrazone groups is 1. The van der Waals surface area contributed by atoms with E-state index in [1.54, 1.807) is 0 Å². The fraction of sp³-hybridized carbons (Fsp3) is 0.462. The number of nitrogens with zero attached hydrogens (tertiary/aromatic N) is 4. The molecule has 116 valence electrons. The van der Waals surface area contributed by atoms with Gasteiger partial charge < -0.3 is 0 Å². The Morgan fingerprint density at radius 3 is 2.45 bits per heavy atom. The molecule has 0 aromatic heterocycles. The van der Waals surface area contributed by atoms with Gasteiger partial charge >= 0.3 is 5.69 Å². The summed E-state index contributed by atoms with van der Waals surface area (Å²) in [6.45, 7) is 2.92. The smallest absolute Gasteiger partial charge is 0.298 e.